The summed E-state index contributed by atoms with van der Waals surface area (Å²) in [5.41, 5.74) is 4.40. The molecule has 0 bridgehead atoms. The molecule has 4 heteroatoms. The molecule has 1 fully saturated rings. The lowest BCUT2D eigenvalue weighted by molar-refractivity contribution is 0.0954. The Morgan fingerprint density at radius 3 is 2.43 bits per heavy atom. The first-order valence-electron chi connectivity index (χ1n) is 7.72. The highest BCUT2D eigenvalue weighted by Crippen LogP contribution is 2.25. The monoisotopic (exact) mass is 288 g/mol. The number of hydrogen-bond acceptors (Lipinski definition) is 3. The number of rotatable bonds is 4. The van der Waals surface area contributed by atoms with Crippen molar-refractivity contribution in [2.45, 2.75) is 40.0 Å². The number of ether oxygens (including phenoxy) is 1. The first kappa shape index (κ1) is 15.5. The van der Waals surface area contributed by atoms with E-state index in [2.05, 4.69) is 24.4 Å². The first-order valence-corrected chi connectivity index (χ1v) is 7.72. The van der Waals surface area contributed by atoms with Crippen LogP contribution >= 0.6 is 0 Å². The third-order valence-corrected chi connectivity index (χ3v) is 4.00. The second-order valence-corrected chi connectivity index (χ2v) is 5.67. The van der Waals surface area contributed by atoms with Gasteiger partial charge in [-0.2, -0.15) is 5.10 Å². The fourth-order valence-electron chi connectivity index (χ4n) is 2.78. The Balaban J connectivity index is 2.00. The minimum atomic E-state index is -0.171. The van der Waals surface area contributed by atoms with Gasteiger partial charge in [-0.15, -0.1) is 0 Å². The van der Waals surface area contributed by atoms with Crippen LogP contribution in [0.25, 0.3) is 0 Å². The van der Waals surface area contributed by atoms with Crippen LogP contribution in [-0.4, -0.2) is 18.2 Å². The summed E-state index contributed by atoms with van der Waals surface area (Å²) in [5, 5.41) is 4.37. The molecular formula is C17H24N2O2. The quantitative estimate of drug-likeness (QED) is 0.860. The maximum Gasteiger partial charge on any atom is 0.271 e. The van der Waals surface area contributed by atoms with Crippen molar-refractivity contribution in [1.82, 2.24) is 5.43 Å². The van der Waals surface area contributed by atoms with Gasteiger partial charge in [0.2, 0.25) is 0 Å². The van der Waals surface area contributed by atoms with Gasteiger partial charge in [0.15, 0.2) is 0 Å². The highest BCUT2D eigenvalue weighted by atomic mass is 16.5. The van der Waals surface area contributed by atoms with E-state index in [0.717, 1.165) is 24.3 Å². The van der Waals surface area contributed by atoms with Gasteiger partial charge in [-0.25, -0.2) is 5.43 Å². The van der Waals surface area contributed by atoms with Crippen molar-refractivity contribution in [3.05, 3.63) is 29.8 Å². The van der Waals surface area contributed by atoms with Gasteiger partial charge in [0.05, 0.1) is 6.61 Å². The number of amides is 1. The van der Waals surface area contributed by atoms with Gasteiger partial charge in [0.1, 0.15) is 5.75 Å². The van der Waals surface area contributed by atoms with Crippen molar-refractivity contribution in [1.29, 1.82) is 0 Å². The van der Waals surface area contributed by atoms with E-state index in [9.17, 15) is 4.79 Å². The molecule has 1 aliphatic carbocycles. The molecule has 0 spiro atoms. The van der Waals surface area contributed by atoms with Crippen molar-refractivity contribution in [2.75, 3.05) is 6.61 Å². The van der Waals surface area contributed by atoms with E-state index >= 15 is 0 Å². The molecule has 2 atom stereocenters. The van der Waals surface area contributed by atoms with Crippen LogP contribution in [0.4, 0.5) is 0 Å². The highest BCUT2D eigenvalue weighted by Gasteiger charge is 2.23. The maximum atomic E-state index is 12.1. The summed E-state index contributed by atoms with van der Waals surface area (Å²) in [5.74, 6) is 1.51. The summed E-state index contributed by atoms with van der Waals surface area (Å²) in [6, 6.07) is 7.12. The maximum absolute atomic E-state index is 12.1. The number of nitrogens with one attached hydrogen (secondary N) is 1. The second-order valence-electron chi connectivity index (χ2n) is 5.67. The molecule has 1 amide bonds. The number of benzene rings is 1. The van der Waals surface area contributed by atoms with Gasteiger partial charge in [-0.1, -0.05) is 20.3 Å². The van der Waals surface area contributed by atoms with Gasteiger partial charge < -0.3 is 4.74 Å². The van der Waals surface area contributed by atoms with Gasteiger partial charge >= 0.3 is 0 Å². The Kier molecular flexibility index (Phi) is 5.37. The van der Waals surface area contributed by atoms with Gasteiger partial charge in [-0.05, 0) is 55.9 Å². The molecular weight excluding hydrogens is 264 g/mol. The molecule has 1 aliphatic rings. The third kappa shape index (κ3) is 4.06. The summed E-state index contributed by atoms with van der Waals surface area (Å²) in [4.78, 5) is 12.1. The third-order valence-electron chi connectivity index (χ3n) is 4.00. The van der Waals surface area contributed by atoms with Gasteiger partial charge in [0, 0.05) is 11.3 Å². The minimum Gasteiger partial charge on any atom is -0.494 e. The van der Waals surface area contributed by atoms with Gasteiger partial charge in [-0.3, -0.25) is 4.79 Å². The molecule has 0 aromatic heterocycles. The summed E-state index contributed by atoms with van der Waals surface area (Å²) in [7, 11) is 0. The van der Waals surface area contributed by atoms with Crippen LogP contribution in [0.2, 0.25) is 0 Å². The fourth-order valence-corrected chi connectivity index (χ4v) is 2.78. The number of nitrogens with zero attached hydrogens (tertiary/aromatic N) is 1. The Morgan fingerprint density at radius 1 is 1.24 bits per heavy atom. The smallest absolute Gasteiger partial charge is 0.271 e. The zero-order valence-electron chi connectivity index (χ0n) is 13.1. The van der Waals surface area contributed by atoms with Crippen LogP contribution in [0.1, 0.15) is 50.4 Å². The van der Waals surface area contributed by atoms with E-state index in [0.29, 0.717) is 24.0 Å². The Bertz CT molecular complexity index is 496. The van der Waals surface area contributed by atoms with E-state index in [1.54, 1.807) is 24.3 Å². The van der Waals surface area contributed by atoms with E-state index in [1.165, 1.54) is 6.42 Å². The summed E-state index contributed by atoms with van der Waals surface area (Å²) in [6.45, 7) is 6.91. The zero-order valence-corrected chi connectivity index (χ0v) is 13.1. The Hall–Kier alpha value is -1.84. The predicted octanol–water partition coefficient (Wildman–Crippen LogP) is 3.63. The van der Waals surface area contributed by atoms with Crippen molar-refractivity contribution in [3.8, 4) is 5.75 Å². The van der Waals surface area contributed by atoms with Crippen LogP contribution in [0.3, 0.4) is 0 Å². The van der Waals surface area contributed by atoms with E-state index < -0.39 is 0 Å². The molecule has 0 saturated heterocycles. The second kappa shape index (κ2) is 7.25. The number of carbonyl (C=O) groups is 1. The normalized spacial score (nSPS) is 23.9. The van der Waals surface area contributed by atoms with Crippen LogP contribution in [0.5, 0.6) is 5.75 Å². The standard InChI is InChI=1S/C17H24N2O2/c1-4-21-15-10-8-14(9-11-15)17(20)19-18-16-12(2)6-5-7-13(16)3/h8-13H,4-7H2,1-3H3,(H,19,20)/t12-,13+. The number of carbonyl (C=O) groups excluding carboxylic acids is 1. The molecule has 114 valence electrons. The van der Waals surface area contributed by atoms with Crippen molar-refractivity contribution >= 4 is 11.6 Å². The number of hydrogen-bond donors (Lipinski definition) is 1. The molecule has 2 rings (SSSR count). The average Bonchev–Trinajstić information content (AvgIpc) is 2.47. The predicted molar refractivity (Wildman–Crippen MR) is 84.7 cm³/mol. The molecule has 1 N–H and O–H groups in total. The SMILES string of the molecule is CCOc1ccc(C(=O)NN=C2[C@H](C)CCC[C@@H]2C)cc1. The molecule has 21 heavy (non-hydrogen) atoms. The molecule has 0 unspecified atom stereocenters. The van der Waals surface area contributed by atoms with Crippen molar-refractivity contribution < 1.29 is 9.53 Å². The van der Waals surface area contributed by atoms with Crippen LogP contribution in [0.15, 0.2) is 29.4 Å². The van der Waals surface area contributed by atoms with Crippen molar-refractivity contribution in [2.24, 2.45) is 16.9 Å². The topological polar surface area (TPSA) is 50.7 Å². The van der Waals surface area contributed by atoms with Gasteiger partial charge in [0.25, 0.3) is 5.91 Å². The lowest BCUT2D eigenvalue weighted by Crippen LogP contribution is -2.29. The Labute approximate surface area is 126 Å². The number of hydrazone groups is 1. The van der Waals surface area contributed by atoms with E-state index in [-0.39, 0.29) is 5.91 Å². The fraction of sp³-hybridized carbons (Fsp3) is 0.529. The lowest BCUT2D eigenvalue weighted by atomic mass is 9.81. The van der Waals surface area contributed by atoms with Crippen molar-refractivity contribution in [3.63, 3.8) is 0 Å². The average molecular weight is 288 g/mol. The van der Waals surface area contributed by atoms with E-state index in [1.807, 2.05) is 6.92 Å². The first-order chi connectivity index (χ1) is 10.1. The molecule has 0 aliphatic heterocycles. The molecule has 0 heterocycles. The summed E-state index contributed by atoms with van der Waals surface area (Å²) < 4.78 is 5.36. The molecule has 1 saturated carbocycles. The minimum absolute atomic E-state index is 0.171. The summed E-state index contributed by atoms with van der Waals surface area (Å²) >= 11 is 0. The zero-order chi connectivity index (χ0) is 15.2. The molecule has 4 nitrogen and oxygen atoms in total. The summed E-state index contributed by atoms with van der Waals surface area (Å²) in [6.07, 6.45) is 3.55. The Morgan fingerprint density at radius 2 is 1.86 bits per heavy atom. The molecule has 1 aromatic rings. The lowest BCUT2D eigenvalue weighted by Gasteiger charge is -2.26. The molecule has 0 radical (unpaired) electrons. The highest BCUT2D eigenvalue weighted by molar-refractivity contribution is 5.96. The van der Waals surface area contributed by atoms with Crippen LogP contribution in [0, 0.1) is 11.8 Å². The van der Waals surface area contributed by atoms with E-state index in [4.69, 9.17) is 4.74 Å². The molecule has 1 aromatic carbocycles. The largest absolute Gasteiger partial charge is 0.494 e. The van der Waals surface area contributed by atoms with Crippen LogP contribution < -0.4 is 10.2 Å². The van der Waals surface area contributed by atoms with Crippen LogP contribution in [-0.2, 0) is 0 Å².